The first-order valence-electron chi connectivity index (χ1n) is 11.8. The topological polar surface area (TPSA) is 18.5 Å². The van der Waals surface area contributed by atoms with Gasteiger partial charge >= 0.3 is 0 Å². The Kier molecular flexibility index (Phi) is 7.61. The lowest BCUT2D eigenvalue weighted by molar-refractivity contribution is 0.190. The molecule has 0 fully saturated rings. The highest BCUT2D eigenvalue weighted by Gasteiger charge is 2.41. The van der Waals surface area contributed by atoms with Crippen LogP contribution in [0.5, 0.6) is 0 Å². The van der Waals surface area contributed by atoms with Crippen LogP contribution < -0.4 is 0 Å². The largest absolute Gasteiger partial charge is 0.413 e. The first kappa shape index (κ1) is 25.8. The number of hydrogen-bond acceptors (Lipinski definition) is 2. The zero-order valence-corrected chi connectivity index (χ0v) is 24.0. The Bertz CT molecular complexity index is 665. The summed E-state index contributed by atoms with van der Waals surface area (Å²) in [6.45, 7) is 28.0. The summed E-state index contributed by atoms with van der Waals surface area (Å²) in [5.74, 6) is 0. The van der Waals surface area contributed by atoms with Crippen molar-refractivity contribution in [2.45, 2.75) is 130 Å². The quantitative estimate of drug-likeness (QED) is 0.379. The maximum Gasteiger partial charge on any atom is 0.192 e. The Balaban J connectivity index is 1.98. The lowest BCUT2D eigenvalue weighted by Crippen LogP contribution is -2.43. The Labute approximate surface area is 189 Å². The van der Waals surface area contributed by atoms with Crippen LogP contribution >= 0.6 is 0 Å². The minimum atomic E-state index is -1.71. The molecule has 30 heavy (non-hydrogen) atoms. The molecular weight excluding hydrogens is 400 g/mol. The van der Waals surface area contributed by atoms with E-state index in [1.165, 1.54) is 22.3 Å². The normalized spacial score (nSPS) is 24.7. The van der Waals surface area contributed by atoms with Crippen molar-refractivity contribution in [3.05, 3.63) is 34.4 Å². The lowest BCUT2D eigenvalue weighted by Gasteiger charge is -2.38. The molecular formula is C26H48O2Si2. The Morgan fingerprint density at radius 3 is 1.20 bits per heavy atom. The average molecular weight is 449 g/mol. The first-order valence-corrected chi connectivity index (χ1v) is 17.7. The van der Waals surface area contributed by atoms with E-state index in [1.54, 1.807) is 0 Å². The third-order valence-electron chi connectivity index (χ3n) is 8.08. The van der Waals surface area contributed by atoms with E-state index in [4.69, 9.17) is 8.85 Å². The summed E-state index contributed by atoms with van der Waals surface area (Å²) >= 11 is 0. The third kappa shape index (κ3) is 6.08. The van der Waals surface area contributed by atoms with Crippen LogP contribution in [0.1, 0.15) is 81.1 Å². The van der Waals surface area contributed by atoms with Gasteiger partial charge < -0.3 is 8.85 Å². The molecule has 0 spiro atoms. The minimum absolute atomic E-state index is 0.268. The molecule has 2 nitrogen and oxygen atoms in total. The van der Waals surface area contributed by atoms with Crippen LogP contribution in [0.2, 0.25) is 36.3 Å². The summed E-state index contributed by atoms with van der Waals surface area (Å²) in [7, 11) is -3.42. The molecule has 172 valence electrons. The fourth-order valence-corrected chi connectivity index (χ4v) is 6.61. The molecule has 0 radical (unpaired) electrons. The van der Waals surface area contributed by atoms with Gasteiger partial charge in [0, 0.05) is 0 Å². The Morgan fingerprint density at radius 1 is 0.633 bits per heavy atom. The van der Waals surface area contributed by atoms with Crippen molar-refractivity contribution in [3.63, 3.8) is 0 Å². The van der Waals surface area contributed by atoms with Crippen LogP contribution in [-0.2, 0) is 8.85 Å². The molecule has 0 aromatic carbocycles. The maximum atomic E-state index is 6.70. The molecule has 0 heterocycles. The van der Waals surface area contributed by atoms with Crippen LogP contribution in [-0.4, -0.2) is 28.8 Å². The summed E-state index contributed by atoms with van der Waals surface area (Å²) in [5.41, 5.74) is 5.96. The number of rotatable bonds is 6. The van der Waals surface area contributed by atoms with E-state index in [1.807, 2.05) is 0 Å². The zero-order valence-electron chi connectivity index (χ0n) is 22.0. The zero-order chi connectivity index (χ0) is 23.1. The second-order valence-corrected chi connectivity index (χ2v) is 22.3. The second-order valence-electron chi connectivity index (χ2n) is 12.8. The molecule has 2 atom stereocenters. The standard InChI is InChI=1S/C26H48O2Si2/c1-19-15-23(27-29(9,10)25(3,4)5)17-21(19)13-14-22-18-24(16-20(22)2)28-30(11,12)26(6,7)8/h13-14,23-24H,15-18H2,1-12H3/b14-13+/t23-,24-/m0/s1. The van der Waals surface area contributed by atoms with Gasteiger partial charge in [0.2, 0.25) is 0 Å². The van der Waals surface area contributed by atoms with Crippen LogP contribution in [0, 0.1) is 0 Å². The van der Waals surface area contributed by atoms with E-state index in [9.17, 15) is 0 Å². The number of hydrogen-bond donors (Lipinski definition) is 0. The van der Waals surface area contributed by atoms with Crippen LogP contribution in [0.15, 0.2) is 34.4 Å². The average Bonchev–Trinajstić information content (AvgIpc) is 3.04. The van der Waals surface area contributed by atoms with Crippen molar-refractivity contribution < 1.29 is 8.85 Å². The minimum Gasteiger partial charge on any atom is -0.413 e. The van der Waals surface area contributed by atoms with Crippen LogP contribution in [0.4, 0.5) is 0 Å². The van der Waals surface area contributed by atoms with Gasteiger partial charge in [-0.2, -0.15) is 0 Å². The van der Waals surface area contributed by atoms with E-state index < -0.39 is 16.6 Å². The third-order valence-corrected chi connectivity index (χ3v) is 17.1. The molecule has 0 unspecified atom stereocenters. The van der Waals surface area contributed by atoms with Crippen molar-refractivity contribution in [1.29, 1.82) is 0 Å². The molecule has 4 heteroatoms. The van der Waals surface area contributed by atoms with Crippen molar-refractivity contribution in [2.75, 3.05) is 0 Å². The molecule has 0 aromatic heterocycles. The second kappa shape index (κ2) is 8.84. The van der Waals surface area contributed by atoms with Crippen LogP contribution in [0.3, 0.4) is 0 Å². The van der Waals surface area contributed by atoms with E-state index >= 15 is 0 Å². The predicted molar refractivity (Wildman–Crippen MR) is 137 cm³/mol. The Morgan fingerprint density at radius 2 is 0.933 bits per heavy atom. The van der Waals surface area contributed by atoms with E-state index in [0.29, 0.717) is 12.2 Å². The fourth-order valence-electron chi connectivity index (χ4n) is 3.90. The molecule has 0 saturated carbocycles. The van der Waals surface area contributed by atoms with Crippen molar-refractivity contribution in [1.82, 2.24) is 0 Å². The molecule has 2 aliphatic rings. The highest BCUT2D eigenvalue weighted by molar-refractivity contribution is 6.74. The van der Waals surface area contributed by atoms with Gasteiger partial charge in [0.25, 0.3) is 0 Å². The van der Waals surface area contributed by atoms with Crippen LogP contribution in [0.25, 0.3) is 0 Å². The van der Waals surface area contributed by atoms with Crippen molar-refractivity contribution in [2.24, 2.45) is 0 Å². The molecule has 0 aromatic rings. The summed E-state index contributed by atoms with van der Waals surface area (Å²) in [6.07, 6.45) is 9.76. The molecule has 2 aliphatic carbocycles. The first-order chi connectivity index (χ1) is 13.4. The van der Waals surface area contributed by atoms with Crippen molar-refractivity contribution >= 4 is 16.6 Å². The molecule has 0 bridgehead atoms. The predicted octanol–water partition coefficient (Wildman–Crippen LogP) is 8.54. The van der Waals surface area contributed by atoms with Crippen molar-refractivity contribution in [3.8, 4) is 0 Å². The summed E-state index contributed by atoms with van der Waals surface area (Å²) < 4.78 is 13.4. The lowest BCUT2D eigenvalue weighted by atomic mass is 10.1. The van der Waals surface area contributed by atoms with Gasteiger partial charge in [0.1, 0.15) is 0 Å². The summed E-state index contributed by atoms with van der Waals surface area (Å²) in [6, 6.07) is 0. The summed E-state index contributed by atoms with van der Waals surface area (Å²) in [4.78, 5) is 0. The monoisotopic (exact) mass is 448 g/mol. The highest BCUT2D eigenvalue weighted by atomic mass is 28.4. The molecule has 0 aliphatic heterocycles. The van der Waals surface area contributed by atoms with Gasteiger partial charge in [-0.3, -0.25) is 0 Å². The smallest absolute Gasteiger partial charge is 0.192 e. The van der Waals surface area contributed by atoms with Gasteiger partial charge in [-0.15, -0.1) is 0 Å². The van der Waals surface area contributed by atoms with Gasteiger partial charge in [-0.25, -0.2) is 0 Å². The van der Waals surface area contributed by atoms with Gasteiger partial charge in [-0.1, -0.05) is 64.8 Å². The molecule has 0 N–H and O–H groups in total. The fraction of sp³-hybridized carbons (Fsp3) is 0.769. The Hall–Kier alpha value is -0.426. The van der Waals surface area contributed by atoms with Gasteiger partial charge in [0.15, 0.2) is 16.6 Å². The molecule has 2 rings (SSSR count). The summed E-state index contributed by atoms with van der Waals surface area (Å²) in [5, 5.41) is 0.537. The van der Waals surface area contributed by atoms with Gasteiger partial charge in [0.05, 0.1) is 12.2 Å². The highest BCUT2D eigenvalue weighted by Crippen LogP contribution is 2.42. The number of allylic oxidation sites excluding steroid dienone is 2. The van der Waals surface area contributed by atoms with Gasteiger partial charge in [-0.05, 0) is 86.9 Å². The SMILES string of the molecule is CC1=C(/C=C/C2=C(C)C[C@H](O[Si](C)(C)C(C)(C)C)C2)C[C@@H](O[Si](C)(C)C(C)(C)C)C1. The van der Waals surface area contributed by atoms with E-state index in [-0.39, 0.29) is 10.1 Å². The van der Waals surface area contributed by atoms with E-state index in [0.717, 1.165) is 25.7 Å². The maximum absolute atomic E-state index is 6.70. The van der Waals surface area contributed by atoms with E-state index in [2.05, 4.69) is 93.7 Å². The molecule has 0 amide bonds. The molecule has 0 saturated heterocycles.